The van der Waals surface area contributed by atoms with E-state index in [2.05, 4.69) is 9.84 Å². The predicted octanol–water partition coefficient (Wildman–Crippen LogP) is 4.22. The third kappa shape index (κ3) is 3.02. The molecular weight excluding hydrogens is 367 g/mol. The Morgan fingerprint density at radius 2 is 1.73 bits per heavy atom. The highest BCUT2D eigenvalue weighted by atomic mass is 35.5. The van der Waals surface area contributed by atoms with Gasteiger partial charge in [0.2, 0.25) is 0 Å². The summed E-state index contributed by atoms with van der Waals surface area (Å²) in [6.07, 6.45) is -4.29. The first-order valence-corrected chi connectivity index (χ1v) is 6.68. The summed E-state index contributed by atoms with van der Waals surface area (Å²) in [7, 11) is 0.956. The summed E-state index contributed by atoms with van der Waals surface area (Å²) >= 11 is 17.4. The second-order valence-electron chi connectivity index (χ2n) is 4.03. The number of alkyl halides is 3. The van der Waals surface area contributed by atoms with Gasteiger partial charge in [0, 0.05) is 0 Å². The number of halogens is 6. The van der Waals surface area contributed by atoms with E-state index < -0.39 is 23.0 Å². The summed E-state index contributed by atoms with van der Waals surface area (Å²) in [5.74, 6) is -0.885. The van der Waals surface area contributed by atoms with Gasteiger partial charge in [-0.15, -0.1) is 0 Å². The van der Waals surface area contributed by atoms with E-state index >= 15 is 0 Å². The standard InChI is InChI=1S/C12H6Cl3F3N2O2/c1-22-10-6(12(16,17)18)4-19-20(11(10)21)5-2-7(13)9(15)8(14)3-5/h2-4H,1H3. The van der Waals surface area contributed by atoms with Crippen molar-refractivity contribution in [2.45, 2.75) is 6.18 Å². The Hall–Kier alpha value is -1.44. The highest BCUT2D eigenvalue weighted by molar-refractivity contribution is 6.48. The van der Waals surface area contributed by atoms with Gasteiger partial charge in [0.05, 0.1) is 34.1 Å². The van der Waals surface area contributed by atoms with Crippen molar-refractivity contribution in [3.05, 3.63) is 49.3 Å². The van der Waals surface area contributed by atoms with Crippen molar-refractivity contribution in [1.82, 2.24) is 9.78 Å². The number of nitrogens with zero attached hydrogens (tertiary/aromatic N) is 2. The van der Waals surface area contributed by atoms with Gasteiger partial charge in [0.25, 0.3) is 0 Å². The molecule has 0 atom stereocenters. The maximum atomic E-state index is 12.8. The normalized spacial score (nSPS) is 11.6. The van der Waals surface area contributed by atoms with Gasteiger partial charge in [-0.25, -0.2) is 0 Å². The lowest BCUT2D eigenvalue weighted by Gasteiger charge is -2.13. The fourth-order valence-corrected chi connectivity index (χ4v) is 2.27. The minimum Gasteiger partial charge on any atom is -0.491 e. The number of ether oxygens (including phenoxy) is 1. The van der Waals surface area contributed by atoms with Crippen LogP contribution in [0.15, 0.2) is 23.1 Å². The van der Waals surface area contributed by atoms with Crippen LogP contribution in [0.2, 0.25) is 15.1 Å². The van der Waals surface area contributed by atoms with E-state index in [1.54, 1.807) is 0 Å². The Bertz CT molecular complexity index is 767. The van der Waals surface area contributed by atoms with Gasteiger partial charge in [-0.2, -0.15) is 23.0 Å². The van der Waals surface area contributed by atoms with Crippen LogP contribution < -0.4 is 10.3 Å². The van der Waals surface area contributed by atoms with Crippen molar-refractivity contribution in [3.8, 4) is 11.4 Å². The summed E-state index contributed by atoms with van der Waals surface area (Å²) in [6, 6.07) is 2.49. The molecule has 118 valence electrons. The van der Waals surface area contributed by atoms with Crippen molar-refractivity contribution >= 4 is 34.8 Å². The maximum Gasteiger partial charge on any atom is 0.421 e. The number of benzene rings is 1. The number of hydrogen-bond acceptors (Lipinski definition) is 3. The SMILES string of the molecule is COc1c(C(F)(F)F)cnn(-c2cc(Cl)c(Cl)c(Cl)c2)c1=O. The molecule has 22 heavy (non-hydrogen) atoms. The average Bonchev–Trinajstić information content (AvgIpc) is 2.42. The number of rotatable bonds is 2. The van der Waals surface area contributed by atoms with Gasteiger partial charge < -0.3 is 4.74 Å². The Labute approximate surface area is 137 Å². The Balaban J connectivity index is 2.71. The summed E-state index contributed by atoms with van der Waals surface area (Å²) in [4.78, 5) is 12.1. The molecule has 0 saturated carbocycles. The molecule has 0 amide bonds. The van der Waals surface area contributed by atoms with E-state index in [1.807, 2.05) is 0 Å². The molecule has 4 nitrogen and oxygen atoms in total. The van der Waals surface area contributed by atoms with Gasteiger partial charge >= 0.3 is 11.7 Å². The van der Waals surface area contributed by atoms with Gasteiger partial charge in [0.15, 0.2) is 5.75 Å². The first kappa shape index (κ1) is 16.9. The van der Waals surface area contributed by atoms with E-state index in [0.717, 1.165) is 7.11 Å². The number of hydrogen-bond donors (Lipinski definition) is 0. The number of methoxy groups -OCH3 is 1. The van der Waals surface area contributed by atoms with E-state index in [9.17, 15) is 18.0 Å². The van der Waals surface area contributed by atoms with Crippen LogP contribution in [0.3, 0.4) is 0 Å². The summed E-state index contributed by atoms with van der Waals surface area (Å²) in [5.41, 5.74) is -2.33. The molecule has 10 heteroatoms. The quantitative estimate of drug-likeness (QED) is 0.740. The zero-order valence-electron chi connectivity index (χ0n) is 10.7. The smallest absolute Gasteiger partial charge is 0.421 e. The van der Waals surface area contributed by atoms with E-state index in [-0.39, 0.29) is 20.8 Å². The maximum absolute atomic E-state index is 12.8. The predicted molar refractivity (Wildman–Crippen MR) is 76.4 cm³/mol. The molecule has 0 N–H and O–H groups in total. The van der Waals surface area contributed by atoms with E-state index in [1.165, 1.54) is 12.1 Å². The van der Waals surface area contributed by atoms with Gasteiger partial charge in [-0.1, -0.05) is 34.8 Å². The van der Waals surface area contributed by atoms with Crippen molar-refractivity contribution < 1.29 is 17.9 Å². The molecule has 0 fully saturated rings. The molecular formula is C12H6Cl3F3N2O2. The highest BCUT2D eigenvalue weighted by Gasteiger charge is 2.37. The van der Waals surface area contributed by atoms with Gasteiger partial charge in [-0.3, -0.25) is 4.79 Å². The zero-order chi connectivity index (χ0) is 16.7. The Morgan fingerprint density at radius 3 is 2.18 bits per heavy atom. The monoisotopic (exact) mass is 372 g/mol. The molecule has 0 saturated heterocycles. The molecule has 0 unspecified atom stereocenters. The lowest BCUT2D eigenvalue weighted by atomic mass is 10.2. The fraction of sp³-hybridized carbons (Fsp3) is 0.167. The minimum atomic E-state index is -4.77. The number of aromatic nitrogens is 2. The van der Waals surface area contributed by atoms with Crippen LogP contribution in [0.4, 0.5) is 13.2 Å². The third-order valence-electron chi connectivity index (χ3n) is 2.66. The molecule has 2 rings (SSSR count). The molecule has 0 radical (unpaired) electrons. The van der Waals surface area contributed by atoms with Crippen molar-refractivity contribution in [3.63, 3.8) is 0 Å². The minimum absolute atomic E-state index is 0.0248. The fourth-order valence-electron chi connectivity index (χ4n) is 1.69. The van der Waals surface area contributed by atoms with Crippen LogP contribution in [0.1, 0.15) is 5.56 Å². The largest absolute Gasteiger partial charge is 0.491 e. The Kier molecular flexibility index (Phi) is 4.60. The lowest BCUT2D eigenvalue weighted by Crippen LogP contribution is -2.26. The first-order chi connectivity index (χ1) is 10.2. The molecule has 0 bridgehead atoms. The van der Waals surface area contributed by atoms with Crippen molar-refractivity contribution in [2.75, 3.05) is 7.11 Å². The molecule has 0 aliphatic heterocycles. The van der Waals surface area contributed by atoms with Crippen LogP contribution >= 0.6 is 34.8 Å². The highest BCUT2D eigenvalue weighted by Crippen LogP contribution is 2.35. The Morgan fingerprint density at radius 1 is 1.18 bits per heavy atom. The summed E-state index contributed by atoms with van der Waals surface area (Å²) < 4.78 is 43.7. The average molecular weight is 374 g/mol. The molecule has 2 aromatic rings. The van der Waals surface area contributed by atoms with Crippen molar-refractivity contribution in [2.24, 2.45) is 0 Å². The summed E-state index contributed by atoms with van der Waals surface area (Å²) in [5, 5.41) is 3.58. The second kappa shape index (κ2) is 5.98. The molecule has 0 aliphatic rings. The third-order valence-corrected chi connectivity index (χ3v) is 3.85. The first-order valence-electron chi connectivity index (χ1n) is 5.55. The van der Waals surface area contributed by atoms with Gasteiger partial charge in [0.1, 0.15) is 5.56 Å². The van der Waals surface area contributed by atoms with Crippen LogP contribution in [0, 0.1) is 0 Å². The van der Waals surface area contributed by atoms with Crippen LogP contribution in [-0.2, 0) is 6.18 Å². The van der Waals surface area contributed by atoms with Crippen molar-refractivity contribution in [1.29, 1.82) is 0 Å². The second-order valence-corrected chi connectivity index (χ2v) is 5.22. The molecule has 1 aromatic heterocycles. The van der Waals surface area contributed by atoms with Crippen LogP contribution in [0.25, 0.3) is 5.69 Å². The zero-order valence-corrected chi connectivity index (χ0v) is 13.0. The van der Waals surface area contributed by atoms with E-state index in [4.69, 9.17) is 34.8 Å². The molecule has 0 aliphatic carbocycles. The summed E-state index contributed by atoms with van der Waals surface area (Å²) in [6.45, 7) is 0. The van der Waals surface area contributed by atoms with Gasteiger partial charge in [-0.05, 0) is 12.1 Å². The molecule has 1 heterocycles. The van der Waals surface area contributed by atoms with Crippen LogP contribution in [-0.4, -0.2) is 16.9 Å². The van der Waals surface area contributed by atoms with Crippen LogP contribution in [0.5, 0.6) is 5.75 Å². The molecule has 1 aromatic carbocycles. The lowest BCUT2D eigenvalue weighted by molar-refractivity contribution is -0.139. The van der Waals surface area contributed by atoms with E-state index in [0.29, 0.717) is 10.9 Å². The molecule has 0 spiro atoms. The topological polar surface area (TPSA) is 44.1 Å².